The van der Waals surface area contributed by atoms with Gasteiger partial charge in [0.15, 0.2) is 0 Å². The van der Waals surface area contributed by atoms with E-state index < -0.39 is 0 Å². The monoisotopic (exact) mass is 296 g/mol. The molecular weight excluding hydrogens is 264 g/mol. The largest absolute Gasteiger partial charge is 0.390 e. The summed E-state index contributed by atoms with van der Waals surface area (Å²) in [7, 11) is 1.78. The fourth-order valence-corrected chi connectivity index (χ4v) is 5.07. The molecule has 0 aromatic rings. The van der Waals surface area contributed by atoms with Crippen LogP contribution in [0.5, 0.6) is 0 Å². The molecule has 122 valence electrons. The molecule has 3 atom stereocenters. The minimum absolute atomic E-state index is 0.0341. The molecule has 1 saturated heterocycles. The lowest BCUT2D eigenvalue weighted by Crippen LogP contribution is -2.47. The average molecular weight is 296 g/mol. The van der Waals surface area contributed by atoms with E-state index in [-0.39, 0.29) is 17.8 Å². The summed E-state index contributed by atoms with van der Waals surface area (Å²) in [4.78, 5) is 0. The normalized spacial score (nSPS) is 33.1. The van der Waals surface area contributed by atoms with Crippen molar-refractivity contribution in [2.75, 3.05) is 13.7 Å². The van der Waals surface area contributed by atoms with E-state index in [0.717, 1.165) is 19.4 Å². The summed E-state index contributed by atoms with van der Waals surface area (Å²) in [6, 6.07) is 0. The first-order valence-electron chi connectivity index (χ1n) is 9.09. The van der Waals surface area contributed by atoms with Crippen LogP contribution in [-0.2, 0) is 9.47 Å². The first-order valence-corrected chi connectivity index (χ1v) is 9.09. The van der Waals surface area contributed by atoms with E-state index >= 15 is 0 Å². The molecule has 1 heterocycles. The predicted octanol–water partition coefficient (Wildman–Crippen LogP) is 3.68. The topological polar surface area (TPSA) is 38.7 Å². The Hall–Kier alpha value is -0.120. The van der Waals surface area contributed by atoms with Gasteiger partial charge in [0.05, 0.1) is 17.8 Å². The quantitative estimate of drug-likeness (QED) is 0.860. The molecule has 0 aromatic heterocycles. The van der Waals surface area contributed by atoms with Gasteiger partial charge in [0.25, 0.3) is 0 Å². The van der Waals surface area contributed by atoms with Gasteiger partial charge in [0, 0.05) is 13.7 Å². The molecule has 0 radical (unpaired) electrons. The van der Waals surface area contributed by atoms with Crippen molar-refractivity contribution in [2.24, 2.45) is 11.8 Å². The van der Waals surface area contributed by atoms with Crippen molar-refractivity contribution in [1.29, 1.82) is 0 Å². The molecule has 3 fully saturated rings. The Labute approximate surface area is 129 Å². The highest BCUT2D eigenvalue weighted by Crippen LogP contribution is 2.44. The fraction of sp³-hybridized carbons (Fsp3) is 1.00. The van der Waals surface area contributed by atoms with Crippen LogP contribution in [0.15, 0.2) is 0 Å². The molecule has 3 heteroatoms. The third-order valence-corrected chi connectivity index (χ3v) is 6.25. The minimum atomic E-state index is -0.306. The Morgan fingerprint density at radius 1 is 1.00 bits per heavy atom. The molecule has 21 heavy (non-hydrogen) atoms. The molecule has 2 saturated carbocycles. The zero-order valence-electron chi connectivity index (χ0n) is 13.6. The van der Waals surface area contributed by atoms with E-state index in [2.05, 4.69) is 0 Å². The highest BCUT2D eigenvalue weighted by molar-refractivity contribution is 4.95. The number of rotatable bonds is 4. The van der Waals surface area contributed by atoms with Crippen molar-refractivity contribution in [2.45, 2.75) is 88.4 Å². The van der Waals surface area contributed by atoms with Crippen molar-refractivity contribution >= 4 is 0 Å². The van der Waals surface area contributed by atoms with Gasteiger partial charge in [0.1, 0.15) is 0 Å². The van der Waals surface area contributed by atoms with Crippen molar-refractivity contribution in [1.82, 2.24) is 0 Å². The summed E-state index contributed by atoms with van der Waals surface area (Å²) in [6.45, 7) is 0.822. The van der Waals surface area contributed by atoms with Crippen LogP contribution in [0, 0.1) is 11.8 Å². The first-order chi connectivity index (χ1) is 10.2. The third kappa shape index (κ3) is 3.46. The summed E-state index contributed by atoms with van der Waals surface area (Å²) in [5.41, 5.74) is 0.0920. The maximum Gasteiger partial charge on any atom is 0.0860 e. The van der Waals surface area contributed by atoms with E-state index in [0.29, 0.717) is 11.8 Å². The molecule has 2 aliphatic carbocycles. The second-order valence-electron chi connectivity index (χ2n) is 7.58. The number of methoxy groups -OCH3 is 1. The highest BCUT2D eigenvalue weighted by atomic mass is 16.5. The number of ether oxygens (including phenoxy) is 2. The molecule has 3 nitrogen and oxygen atoms in total. The van der Waals surface area contributed by atoms with Crippen molar-refractivity contribution in [3.8, 4) is 0 Å². The van der Waals surface area contributed by atoms with E-state index in [1.165, 1.54) is 57.8 Å². The van der Waals surface area contributed by atoms with Gasteiger partial charge in [-0.3, -0.25) is 0 Å². The Kier molecular flexibility index (Phi) is 5.23. The smallest absolute Gasteiger partial charge is 0.0860 e. The Bertz CT molecular complexity index is 318. The number of aliphatic hydroxyl groups is 1. The number of aliphatic hydroxyl groups excluding tert-OH is 1. The maximum atomic E-state index is 10.9. The van der Waals surface area contributed by atoms with Crippen LogP contribution < -0.4 is 0 Å². The summed E-state index contributed by atoms with van der Waals surface area (Å²) >= 11 is 0. The molecule has 3 unspecified atom stereocenters. The van der Waals surface area contributed by atoms with Crippen molar-refractivity contribution < 1.29 is 14.6 Å². The van der Waals surface area contributed by atoms with E-state index in [1.54, 1.807) is 7.11 Å². The Balaban J connectivity index is 1.63. The standard InChI is InChI=1S/C18H32O3/c1-20-17(14-7-3-2-4-8-14)16(19)15-9-12-21-18(13-15)10-5-6-11-18/h14-17,19H,2-13H2,1H3. The fourth-order valence-electron chi connectivity index (χ4n) is 5.07. The number of hydrogen-bond donors (Lipinski definition) is 1. The van der Waals surface area contributed by atoms with Crippen LogP contribution in [0.2, 0.25) is 0 Å². The molecule has 1 N–H and O–H groups in total. The van der Waals surface area contributed by atoms with Crippen LogP contribution in [-0.4, -0.2) is 36.6 Å². The summed E-state index contributed by atoms with van der Waals surface area (Å²) in [6.07, 6.45) is 13.1. The molecule has 3 aliphatic rings. The summed E-state index contributed by atoms with van der Waals surface area (Å²) in [5, 5.41) is 10.9. The summed E-state index contributed by atoms with van der Waals surface area (Å²) in [5.74, 6) is 0.921. The van der Waals surface area contributed by atoms with Gasteiger partial charge in [-0.25, -0.2) is 0 Å². The maximum absolute atomic E-state index is 10.9. The Morgan fingerprint density at radius 2 is 1.71 bits per heavy atom. The lowest BCUT2D eigenvalue weighted by atomic mass is 9.75. The molecule has 0 aromatic carbocycles. The molecule has 0 amide bonds. The third-order valence-electron chi connectivity index (χ3n) is 6.25. The second kappa shape index (κ2) is 6.97. The van der Waals surface area contributed by atoms with Gasteiger partial charge in [-0.05, 0) is 50.4 Å². The van der Waals surface area contributed by atoms with E-state index in [1.807, 2.05) is 0 Å². The van der Waals surface area contributed by atoms with Crippen LogP contribution >= 0.6 is 0 Å². The van der Waals surface area contributed by atoms with Crippen LogP contribution in [0.3, 0.4) is 0 Å². The van der Waals surface area contributed by atoms with Gasteiger partial charge >= 0.3 is 0 Å². The first kappa shape index (κ1) is 15.8. The SMILES string of the molecule is COC(C1CCCCC1)C(O)C1CCOC2(CCCC2)C1. The zero-order chi connectivity index (χ0) is 14.7. The van der Waals surface area contributed by atoms with Crippen molar-refractivity contribution in [3.63, 3.8) is 0 Å². The zero-order valence-corrected chi connectivity index (χ0v) is 13.6. The van der Waals surface area contributed by atoms with Crippen LogP contribution in [0.1, 0.15) is 70.6 Å². The van der Waals surface area contributed by atoms with Crippen LogP contribution in [0.25, 0.3) is 0 Å². The minimum Gasteiger partial charge on any atom is -0.390 e. The lowest BCUT2D eigenvalue weighted by Gasteiger charge is -2.43. The van der Waals surface area contributed by atoms with Gasteiger partial charge in [0.2, 0.25) is 0 Å². The molecule has 1 spiro atoms. The lowest BCUT2D eigenvalue weighted by molar-refractivity contribution is -0.142. The highest BCUT2D eigenvalue weighted by Gasteiger charge is 2.44. The predicted molar refractivity (Wildman–Crippen MR) is 83.3 cm³/mol. The van der Waals surface area contributed by atoms with Gasteiger partial charge in [-0.1, -0.05) is 32.1 Å². The number of hydrogen-bond acceptors (Lipinski definition) is 3. The molecule has 3 rings (SSSR count). The Morgan fingerprint density at radius 3 is 2.38 bits per heavy atom. The van der Waals surface area contributed by atoms with Gasteiger partial charge < -0.3 is 14.6 Å². The van der Waals surface area contributed by atoms with Crippen molar-refractivity contribution in [3.05, 3.63) is 0 Å². The van der Waals surface area contributed by atoms with E-state index in [4.69, 9.17) is 9.47 Å². The molecule has 0 bridgehead atoms. The van der Waals surface area contributed by atoms with Crippen LogP contribution in [0.4, 0.5) is 0 Å². The molecule has 1 aliphatic heterocycles. The van der Waals surface area contributed by atoms with Gasteiger partial charge in [-0.2, -0.15) is 0 Å². The van der Waals surface area contributed by atoms with Gasteiger partial charge in [-0.15, -0.1) is 0 Å². The summed E-state index contributed by atoms with van der Waals surface area (Å²) < 4.78 is 11.9. The van der Waals surface area contributed by atoms with E-state index in [9.17, 15) is 5.11 Å². The molecular formula is C18H32O3. The second-order valence-corrected chi connectivity index (χ2v) is 7.58. The average Bonchev–Trinajstić information content (AvgIpc) is 2.97.